The van der Waals surface area contributed by atoms with E-state index in [2.05, 4.69) is 12.2 Å². The molecular weight excluding hydrogens is 206 g/mol. The lowest BCUT2D eigenvalue weighted by Gasteiger charge is -2.40. The molecule has 92 valence electrons. The van der Waals surface area contributed by atoms with Crippen LogP contribution in [0.2, 0.25) is 0 Å². The Morgan fingerprint density at radius 3 is 3.06 bits per heavy atom. The van der Waals surface area contributed by atoms with Crippen molar-refractivity contribution in [2.75, 3.05) is 0 Å². The van der Waals surface area contributed by atoms with Crippen molar-refractivity contribution in [1.82, 2.24) is 5.32 Å². The summed E-state index contributed by atoms with van der Waals surface area (Å²) in [4.78, 5) is 11.4. The normalized spacial score (nSPS) is 38.5. The maximum atomic E-state index is 11.4. The first kappa shape index (κ1) is 11.7. The van der Waals surface area contributed by atoms with E-state index in [0.29, 0.717) is 0 Å². The summed E-state index contributed by atoms with van der Waals surface area (Å²) in [6.07, 6.45) is 5.73. The van der Waals surface area contributed by atoms with E-state index in [0.717, 1.165) is 44.9 Å². The summed E-state index contributed by atoms with van der Waals surface area (Å²) in [6, 6.07) is 0. The summed E-state index contributed by atoms with van der Waals surface area (Å²) in [5.74, 6) is 0. The molecule has 2 fully saturated rings. The fourth-order valence-corrected chi connectivity index (χ4v) is 2.94. The van der Waals surface area contributed by atoms with Gasteiger partial charge in [-0.25, -0.2) is 4.79 Å². The quantitative estimate of drug-likeness (QED) is 0.775. The van der Waals surface area contributed by atoms with Gasteiger partial charge in [-0.2, -0.15) is 0 Å². The first-order valence-electron chi connectivity index (χ1n) is 6.36. The monoisotopic (exact) mass is 227 g/mol. The fourth-order valence-electron chi connectivity index (χ4n) is 2.94. The molecule has 1 spiro atoms. The Balaban J connectivity index is 2.11. The van der Waals surface area contributed by atoms with Crippen LogP contribution in [-0.4, -0.2) is 28.9 Å². The third-order valence-corrected chi connectivity index (χ3v) is 3.89. The Labute approximate surface area is 96.4 Å². The Morgan fingerprint density at radius 1 is 1.56 bits per heavy atom. The molecule has 1 amide bonds. The van der Waals surface area contributed by atoms with Gasteiger partial charge in [-0.1, -0.05) is 26.2 Å². The second kappa shape index (κ2) is 4.62. The molecule has 0 aromatic rings. The SMILES string of the molecule is CCCC[C@H]1OC(=O)N[C@@]12CCCC[C@H]2O. The highest BCUT2D eigenvalue weighted by Crippen LogP contribution is 2.38. The number of unbranched alkanes of at least 4 members (excludes halogenated alkanes) is 1. The zero-order valence-electron chi connectivity index (χ0n) is 9.87. The third kappa shape index (κ3) is 1.90. The molecule has 2 N–H and O–H groups in total. The molecule has 0 aromatic carbocycles. The van der Waals surface area contributed by atoms with Gasteiger partial charge in [0.1, 0.15) is 11.6 Å². The summed E-state index contributed by atoms with van der Waals surface area (Å²) >= 11 is 0. The van der Waals surface area contributed by atoms with E-state index in [1.807, 2.05) is 0 Å². The molecule has 0 unspecified atom stereocenters. The molecule has 2 rings (SSSR count). The van der Waals surface area contributed by atoms with E-state index in [9.17, 15) is 9.90 Å². The maximum Gasteiger partial charge on any atom is 0.408 e. The molecular formula is C12H21NO3. The molecule has 0 radical (unpaired) electrons. The number of rotatable bonds is 3. The standard InChI is InChI=1S/C12H21NO3/c1-2-3-7-10-12(13-11(15)16-10)8-5-4-6-9(12)14/h9-10,14H,2-8H2,1H3,(H,13,15)/t9-,10-,12-/m1/s1. The predicted molar refractivity (Wildman–Crippen MR) is 60.1 cm³/mol. The number of hydrogen-bond acceptors (Lipinski definition) is 3. The second-order valence-corrected chi connectivity index (χ2v) is 4.96. The number of carbonyl (C=O) groups is 1. The minimum atomic E-state index is -0.496. The Bertz CT molecular complexity index is 269. The molecule has 4 nitrogen and oxygen atoms in total. The number of aliphatic hydroxyl groups is 1. The molecule has 1 saturated carbocycles. The van der Waals surface area contributed by atoms with E-state index in [-0.39, 0.29) is 12.2 Å². The highest BCUT2D eigenvalue weighted by atomic mass is 16.6. The molecule has 3 atom stereocenters. The van der Waals surface area contributed by atoms with Crippen molar-refractivity contribution in [2.45, 2.75) is 69.6 Å². The molecule has 1 aliphatic heterocycles. The van der Waals surface area contributed by atoms with Gasteiger partial charge in [-0.15, -0.1) is 0 Å². The van der Waals surface area contributed by atoms with Crippen LogP contribution in [0.1, 0.15) is 51.9 Å². The first-order valence-corrected chi connectivity index (χ1v) is 6.36. The van der Waals surface area contributed by atoms with Crippen molar-refractivity contribution >= 4 is 6.09 Å². The topological polar surface area (TPSA) is 58.6 Å². The van der Waals surface area contributed by atoms with Crippen molar-refractivity contribution < 1.29 is 14.6 Å². The van der Waals surface area contributed by atoms with E-state index < -0.39 is 11.6 Å². The fraction of sp³-hybridized carbons (Fsp3) is 0.917. The van der Waals surface area contributed by atoms with E-state index in [4.69, 9.17) is 4.74 Å². The summed E-state index contributed by atoms with van der Waals surface area (Å²) in [5, 5.41) is 13.0. The lowest BCUT2D eigenvalue weighted by Crippen LogP contribution is -2.59. The summed E-state index contributed by atoms with van der Waals surface area (Å²) < 4.78 is 5.32. The van der Waals surface area contributed by atoms with Crippen LogP contribution >= 0.6 is 0 Å². The number of hydrogen-bond donors (Lipinski definition) is 2. The Morgan fingerprint density at radius 2 is 2.38 bits per heavy atom. The van der Waals surface area contributed by atoms with Gasteiger partial charge in [0.25, 0.3) is 0 Å². The highest BCUT2D eigenvalue weighted by molar-refractivity contribution is 5.71. The van der Waals surface area contributed by atoms with E-state index in [1.54, 1.807) is 0 Å². The van der Waals surface area contributed by atoms with E-state index in [1.165, 1.54) is 0 Å². The van der Waals surface area contributed by atoms with Crippen LogP contribution in [0.5, 0.6) is 0 Å². The minimum absolute atomic E-state index is 0.143. The average Bonchev–Trinajstić information content (AvgIpc) is 2.58. The number of carbonyl (C=O) groups excluding carboxylic acids is 1. The Hall–Kier alpha value is -0.770. The molecule has 4 heteroatoms. The van der Waals surface area contributed by atoms with Gasteiger partial charge in [0.05, 0.1) is 6.10 Å². The molecule has 16 heavy (non-hydrogen) atoms. The number of aliphatic hydroxyl groups excluding tert-OH is 1. The molecule has 1 aliphatic carbocycles. The molecule has 1 saturated heterocycles. The molecule has 2 aliphatic rings. The second-order valence-electron chi connectivity index (χ2n) is 4.96. The van der Waals surface area contributed by atoms with Crippen molar-refractivity contribution in [3.8, 4) is 0 Å². The minimum Gasteiger partial charge on any atom is -0.444 e. The third-order valence-electron chi connectivity index (χ3n) is 3.89. The van der Waals surface area contributed by atoms with Gasteiger partial charge in [-0.05, 0) is 25.7 Å². The number of ether oxygens (including phenoxy) is 1. The summed E-state index contributed by atoms with van der Waals surface area (Å²) in [5.41, 5.74) is -0.496. The number of amides is 1. The predicted octanol–water partition coefficient (Wildman–Crippen LogP) is 1.96. The largest absolute Gasteiger partial charge is 0.444 e. The van der Waals surface area contributed by atoms with Gasteiger partial charge in [-0.3, -0.25) is 0 Å². The van der Waals surface area contributed by atoms with Gasteiger partial charge < -0.3 is 15.2 Å². The first-order chi connectivity index (χ1) is 7.69. The molecule has 0 bridgehead atoms. The van der Waals surface area contributed by atoms with Gasteiger partial charge in [0.2, 0.25) is 0 Å². The number of alkyl carbamates (subject to hydrolysis) is 1. The zero-order valence-corrected chi connectivity index (χ0v) is 9.87. The van der Waals surface area contributed by atoms with Crippen LogP contribution in [0.3, 0.4) is 0 Å². The molecule has 1 heterocycles. The van der Waals surface area contributed by atoms with Crippen LogP contribution in [-0.2, 0) is 4.74 Å². The maximum absolute atomic E-state index is 11.4. The Kier molecular flexibility index (Phi) is 3.38. The summed E-state index contributed by atoms with van der Waals surface area (Å²) in [6.45, 7) is 2.12. The van der Waals surface area contributed by atoms with Crippen LogP contribution in [0.15, 0.2) is 0 Å². The van der Waals surface area contributed by atoms with Crippen molar-refractivity contribution in [3.05, 3.63) is 0 Å². The van der Waals surface area contributed by atoms with Crippen molar-refractivity contribution in [3.63, 3.8) is 0 Å². The lowest BCUT2D eigenvalue weighted by atomic mass is 9.74. The van der Waals surface area contributed by atoms with E-state index >= 15 is 0 Å². The van der Waals surface area contributed by atoms with Crippen LogP contribution in [0.25, 0.3) is 0 Å². The van der Waals surface area contributed by atoms with Gasteiger partial charge in [0.15, 0.2) is 0 Å². The number of nitrogens with one attached hydrogen (secondary N) is 1. The highest BCUT2D eigenvalue weighted by Gasteiger charge is 2.53. The van der Waals surface area contributed by atoms with Crippen molar-refractivity contribution in [1.29, 1.82) is 0 Å². The molecule has 0 aromatic heterocycles. The van der Waals surface area contributed by atoms with Crippen LogP contribution < -0.4 is 5.32 Å². The van der Waals surface area contributed by atoms with Crippen LogP contribution in [0.4, 0.5) is 4.79 Å². The van der Waals surface area contributed by atoms with Gasteiger partial charge >= 0.3 is 6.09 Å². The number of cyclic esters (lactones) is 1. The average molecular weight is 227 g/mol. The summed E-state index contributed by atoms with van der Waals surface area (Å²) in [7, 11) is 0. The smallest absolute Gasteiger partial charge is 0.408 e. The van der Waals surface area contributed by atoms with Crippen molar-refractivity contribution in [2.24, 2.45) is 0 Å². The van der Waals surface area contributed by atoms with Crippen LogP contribution in [0, 0.1) is 0 Å². The zero-order chi connectivity index (χ0) is 11.6. The lowest BCUT2D eigenvalue weighted by molar-refractivity contribution is -0.0144. The van der Waals surface area contributed by atoms with Gasteiger partial charge in [0, 0.05) is 0 Å².